The maximum Gasteiger partial charge on any atom is 0.146 e. The molecule has 0 aliphatic heterocycles. The van der Waals surface area contributed by atoms with Gasteiger partial charge in [-0.25, -0.2) is 0 Å². The van der Waals surface area contributed by atoms with Crippen LogP contribution in [0.15, 0.2) is 243 Å². The summed E-state index contributed by atoms with van der Waals surface area (Å²) in [6.07, 6.45) is 7.29. The Morgan fingerprint density at radius 3 is 0.441 bits per heavy atom. The molecule has 344 valence electrons. The summed E-state index contributed by atoms with van der Waals surface area (Å²) in [4.78, 5) is 0. The van der Waals surface area contributed by atoms with Gasteiger partial charge in [0.1, 0.15) is 28.6 Å². The summed E-state index contributed by atoms with van der Waals surface area (Å²) in [5.74, 6) is 0. The van der Waals surface area contributed by atoms with Crippen molar-refractivity contribution in [1.82, 2.24) is 0 Å². The molecule has 0 saturated heterocycles. The molecule has 4 nitrogen and oxygen atoms in total. The molecular weight excluding hydrogens is 909 g/mol. The normalized spacial score (nSPS) is 18.9. The molecule has 0 amide bonds. The van der Waals surface area contributed by atoms with E-state index in [2.05, 4.69) is 0 Å². The van der Waals surface area contributed by atoms with Gasteiger partial charge in [-0.2, -0.15) is 0 Å². The van der Waals surface area contributed by atoms with E-state index in [1.807, 2.05) is 243 Å². The van der Waals surface area contributed by atoms with Crippen molar-refractivity contribution in [1.29, 1.82) is 0 Å². The molecule has 0 aromatic heterocycles. The van der Waals surface area contributed by atoms with E-state index in [-0.39, 0.29) is 22.6 Å². The molecule has 0 bridgehead atoms. The molecule has 8 aromatic carbocycles. The van der Waals surface area contributed by atoms with Crippen LogP contribution in [0.25, 0.3) is 0 Å². The third kappa shape index (κ3) is 9.27. The van der Waals surface area contributed by atoms with Crippen LogP contribution in [0.1, 0.15) is 51.4 Å². The molecule has 0 N–H and O–H groups in total. The van der Waals surface area contributed by atoms with Gasteiger partial charge in [0, 0.05) is 65.1 Å². The van der Waals surface area contributed by atoms with E-state index < -0.39 is 28.6 Å². The van der Waals surface area contributed by atoms with Gasteiger partial charge in [0.05, 0.1) is 0 Å². The largest absolute Gasteiger partial charge is 0.313 e. The topological polar surface area (TPSA) is 68.3 Å². The number of hydrogen-bond acceptors (Lipinski definition) is 4. The molecule has 8 aromatic rings. The monoisotopic (exact) mass is 968 g/mol. The highest BCUT2D eigenvalue weighted by molar-refractivity contribution is 7.84. The SMILES string of the molecule is O=P(c1ccccc1)(c1ccccc1)C1CCCCC1P(=O)(c1ccccc1)c1ccccc1.O=P(c1ccccc1)(c1ccccc1)[C@@H]1CCCC[C@H]1P(=O)(c1ccccc1)c1ccccc1. The summed E-state index contributed by atoms with van der Waals surface area (Å²) in [6.45, 7) is 0. The molecule has 10 rings (SSSR count). The highest BCUT2D eigenvalue weighted by Gasteiger charge is 2.52. The van der Waals surface area contributed by atoms with E-state index in [0.29, 0.717) is 0 Å². The van der Waals surface area contributed by atoms with Crippen molar-refractivity contribution in [2.75, 3.05) is 0 Å². The first-order valence-corrected chi connectivity index (χ1v) is 31.2. The number of rotatable bonds is 12. The van der Waals surface area contributed by atoms with Crippen molar-refractivity contribution < 1.29 is 18.3 Å². The minimum absolute atomic E-state index is 0.183. The van der Waals surface area contributed by atoms with E-state index in [0.717, 1.165) is 93.8 Å². The quantitative estimate of drug-likeness (QED) is 0.114. The van der Waals surface area contributed by atoms with Gasteiger partial charge in [0.25, 0.3) is 0 Å². The molecule has 2 aliphatic carbocycles. The molecule has 0 radical (unpaired) electrons. The lowest BCUT2D eigenvalue weighted by Crippen LogP contribution is -2.41. The minimum atomic E-state index is -3.07. The Kier molecular flexibility index (Phi) is 15.1. The lowest BCUT2D eigenvalue weighted by Gasteiger charge is -2.42. The fourth-order valence-corrected chi connectivity index (χ4v) is 27.4. The summed E-state index contributed by atoms with van der Waals surface area (Å²) in [7, 11) is -12.3. The Bertz CT molecular complexity index is 2440. The maximum absolute atomic E-state index is 15.4. The molecule has 2 aliphatic rings. The molecule has 2 fully saturated rings. The maximum atomic E-state index is 15.4. The lowest BCUT2D eigenvalue weighted by molar-refractivity contribution is 0.480. The first-order valence-electron chi connectivity index (χ1n) is 24.1. The van der Waals surface area contributed by atoms with Gasteiger partial charge < -0.3 is 18.3 Å². The smallest absolute Gasteiger partial charge is 0.146 e. The predicted molar refractivity (Wildman–Crippen MR) is 291 cm³/mol. The van der Waals surface area contributed by atoms with Gasteiger partial charge in [-0.05, 0) is 25.7 Å². The van der Waals surface area contributed by atoms with Gasteiger partial charge in [0.15, 0.2) is 0 Å². The summed E-state index contributed by atoms with van der Waals surface area (Å²) < 4.78 is 61.5. The van der Waals surface area contributed by atoms with Gasteiger partial charge in [-0.15, -0.1) is 0 Å². The van der Waals surface area contributed by atoms with Crippen molar-refractivity contribution in [2.45, 2.75) is 74.0 Å². The van der Waals surface area contributed by atoms with Crippen LogP contribution in [-0.2, 0) is 18.3 Å². The van der Waals surface area contributed by atoms with Crippen LogP contribution in [0.5, 0.6) is 0 Å². The van der Waals surface area contributed by atoms with E-state index in [1.54, 1.807) is 0 Å². The zero-order chi connectivity index (χ0) is 46.9. The first-order chi connectivity index (χ1) is 33.3. The van der Waals surface area contributed by atoms with Crippen LogP contribution in [0.2, 0.25) is 0 Å². The van der Waals surface area contributed by atoms with Gasteiger partial charge >= 0.3 is 0 Å². The fraction of sp³-hybridized carbons (Fsp3) is 0.200. The second-order valence-electron chi connectivity index (χ2n) is 18.2. The average molecular weight is 969 g/mol. The molecule has 4 atom stereocenters. The second-order valence-corrected chi connectivity index (χ2v) is 30.2. The van der Waals surface area contributed by atoms with Crippen LogP contribution in [0, 0.1) is 0 Å². The fourth-order valence-electron chi connectivity index (χ4n) is 11.2. The van der Waals surface area contributed by atoms with Crippen LogP contribution in [0.3, 0.4) is 0 Å². The van der Waals surface area contributed by atoms with Crippen LogP contribution < -0.4 is 42.4 Å². The van der Waals surface area contributed by atoms with Crippen molar-refractivity contribution in [3.05, 3.63) is 243 Å². The molecule has 68 heavy (non-hydrogen) atoms. The molecule has 8 heteroatoms. The Morgan fingerprint density at radius 1 is 0.206 bits per heavy atom. The van der Waals surface area contributed by atoms with Crippen molar-refractivity contribution in [3.63, 3.8) is 0 Å². The Morgan fingerprint density at radius 2 is 0.324 bits per heavy atom. The van der Waals surface area contributed by atoms with E-state index >= 15 is 18.3 Å². The Labute approximate surface area is 403 Å². The highest BCUT2D eigenvalue weighted by atomic mass is 31.2. The minimum Gasteiger partial charge on any atom is -0.313 e. The van der Waals surface area contributed by atoms with Gasteiger partial charge in [0.2, 0.25) is 0 Å². The van der Waals surface area contributed by atoms with Crippen LogP contribution in [-0.4, -0.2) is 22.6 Å². The summed E-state index contributed by atoms with van der Waals surface area (Å²) in [5.41, 5.74) is -0.732. The van der Waals surface area contributed by atoms with Gasteiger partial charge in [-0.1, -0.05) is 268 Å². The summed E-state index contributed by atoms with van der Waals surface area (Å²) in [5, 5.41) is 6.93. The molecule has 2 saturated carbocycles. The van der Waals surface area contributed by atoms with Crippen molar-refractivity contribution >= 4 is 71.0 Å². The second kappa shape index (κ2) is 21.5. The predicted octanol–water partition coefficient (Wildman–Crippen LogP) is 12.7. The lowest BCUT2D eigenvalue weighted by atomic mass is 9.99. The number of benzene rings is 8. The van der Waals surface area contributed by atoms with Crippen molar-refractivity contribution in [3.8, 4) is 0 Å². The zero-order valence-corrected chi connectivity index (χ0v) is 42.1. The van der Waals surface area contributed by atoms with Crippen LogP contribution >= 0.6 is 28.6 Å². The molecule has 0 spiro atoms. The summed E-state index contributed by atoms with van der Waals surface area (Å²) >= 11 is 0. The van der Waals surface area contributed by atoms with Crippen LogP contribution in [0.4, 0.5) is 0 Å². The third-order valence-electron chi connectivity index (χ3n) is 14.4. The average Bonchev–Trinajstić information content (AvgIpc) is 3.44. The first kappa shape index (κ1) is 47.7. The zero-order valence-electron chi connectivity index (χ0n) is 38.5. The molecular formula is C60H60O4P4. The standard InChI is InChI=1S/2C30H30O2P2/c2*31-33(25-15-5-1-6-16-25,26-17-7-2-8-18-26)29-23-13-14-24-30(29)34(32,27-19-9-3-10-20-27)28-21-11-4-12-22-28/h2*1-12,15-22,29-30H,13-14,23-24H2/t29-,30-;/m1./s1. The summed E-state index contributed by atoms with van der Waals surface area (Å²) in [6, 6.07) is 79.2. The van der Waals surface area contributed by atoms with E-state index in [1.165, 1.54) is 0 Å². The van der Waals surface area contributed by atoms with E-state index in [4.69, 9.17) is 0 Å². The Hall–Kier alpha value is -5.32. The van der Waals surface area contributed by atoms with E-state index in [9.17, 15) is 0 Å². The molecule has 0 heterocycles. The van der Waals surface area contributed by atoms with Gasteiger partial charge in [-0.3, -0.25) is 0 Å². The number of hydrogen-bond donors (Lipinski definition) is 0. The third-order valence-corrected chi connectivity index (χ3v) is 29.6. The Balaban J connectivity index is 0.000000170. The van der Waals surface area contributed by atoms with Crippen molar-refractivity contribution in [2.24, 2.45) is 0 Å². The molecule has 2 unspecified atom stereocenters. The highest BCUT2D eigenvalue weighted by Crippen LogP contribution is 2.65.